The zero-order chi connectivity index (χ0) is 28.8. The number of ether oxygens (including phenoxy) is 1. The van der Waals surface area contributed by atoms with Gasteiger partial charge in [0.1, 0.15) is 12.4 Å². The molecule has 6 nitrogen and oxygen atoms in total. The lowest BCUT2D eigenvalue weighted by atomic mass is 9.91. The van der Waals surface area contributed by atoms with Crippen LogP contribution in [0.15, 0.2) is 60.2 Å². The van der Waals surface area contributed by atoms with E-state index in [2.05, 4.69) is 6.07 Å². The Morgan fingerprint density at radius 1 is 1.07 bits per heavy atom. The van der Waals surface area contributed by atoms with Crippen molar-refractivity contribution in [3.8, 4) is 11.8 Å². The molecule has 0 aliphatic heterocycles. The van der Waals surface area contributed by atoms with Crippen LogP contribution in [0.25, 0.3) is 5.70 Å². The van der Waals surface area contributed by atoms with Gasteiger partial charge in [0.15, 0.2) is 5.78 Å². The van der Waals surface area contributed by atoms with Gasteiger partial charge in [-0.15, -0.1) is 0 Å². The fourth-order valence-electron chi connectivity index (χ4n) is 5.17. The van der Waals surface area contributed by atoms with E-state index in [0.29, 0.717) is 43.9 Å². The van der Waals surface area contributed by atoms with Gasteiger partial charge in [-0.2, -0.15) is 5.26 Å². The van der Waals surface area contributed by atoms with E-state index in [0.717, 1.165) is 24.0 Å². The second kappa shape index (κ2) is 10.8. The molecule has 2 aliphatic rings. The summed E-state index contributed by atoms with van der Waals surface area (Å²) in [5.41, 5.74) is 8.84. The molecule has 2 atom stereocenters. The number of ketones is 1. The second-order valence-corrected chi connectivity index (χ2v) is 11.6. The molecule has 5 rings (SSSR count). The molecule has 9 heteroatoms. The van der Waals surface area contributed by atoms with Crippen LogP contribution in [0.5, 0.6) is 5.75 Å². The molecular weight excluding hydrogens is 571 g/mol. The Balaban J connectivity index is 1.40. The SMILES string of the molecule is Cc1cc(C(=O)O)cc(C2CC2(C#N)c2ccc(OCC(C(=O)C3CC3)=C(N)c3c(Cl)cccc3Cl)cc2Cl)c1. The Labute approximate surface area is 246 Å². The number of nitriles is 1. The molecule has 0 amide bonds. The molecule has 2 unspecified atom stereocenters. The van der Waals surface area contributed by atoms with Crippen molar-refractivity contribution in [2.75, 3.05) is 6.61 Å². The average molecular weight is 596 g/mol. The minimum absolute atomic E-state index is 0.0978. The fourth-order valence-corrected chi connectivity index (χ4v) is 6.11. The summed E-state index contributed by atoms with van der Waals surface area (Å²) in [6, 6.07) is 17.6. The second-order valence-electron chi connectivity index (χ2n) is 10.3. The standard InChI is InChI=1S/C31H25Cl3N2O4/c1-16-9-18(11-19(10-16)30(38)39)23-13-31(23,15-35)22-8-7-20(12-26(22)34)40-14-21(29(37)17-5-6-17)28(36)27-24(32)3-2-4-25(27)33/h2-4,7-12,17,23H,5-6,13-14,36H2,1H3,(H,38,39). The highest BCUT2D eigenvalue weighted by atomic mass is 35.5. The summed E-state index contributed by atoms with van der Waals surface area (Å²) < 4.78 is 5.98. The molecule has 0 bridgehead atoms. The van der Waals surface area contributed by atoms with Crippen LogP contribution in [0.3, 0.4) is 0 Å². The summed E-state index contributed by atoms with van der Waals surface area (Å²) in [5.74, 6) is -0.999. The highest BCUT2D eigenvalue weighted by Gasteiger charge is 2.58. The summed E-state index contributed by atoms with van der Waals surface area (Å²) >= 11 is 19.4. The van der Waals surface area contributed by atoms with E-state index in [1.807, 2.05) is 13.0 Å². The smallest absolute Gasteiger partial charge is 0.335 e. The van der Waals surface area contributed by atoms with Crippen LogP contribution in [0.4, 0.5) is 0 Å². The summed E-state index contributed by atoms with van der Waals surface area (Å²) in [5, 5.41) is 20.6. The largest absolute Gasteiger partial charge is 0.489 e. The number of rotatable bonds is 9. The predicted molar refractivity (Wildman–Crippen MR) is 155 cm³/mol. The van der Waals surface area contributed by atoms with Crippen LogP contribution in [0, 0.1) is 24.2 Å². The van der Waals surface area contributed by atoms with Crippen molar-refractivity contribution in [2.24, 2.45) is 11.7 Å². The van der Waals surface area contributed by atoms with E-state index < -0.39 is 11.4 Å². The molecule has 2 fully saturated rings. The molecule has 2 saturated carbocycles. The third kappa shape index (κ3) is 5.30. The minimum atomic E-state index is -1.02. The topological polar surface area (TPSA) is 113 Å². The molecule has 0 radical (unpaired) electrons. The summed E-state index contributed by atoms with van der Waals surface area (Å²) in [4.78, 5) is 24.7. The lowest BCUT2D eigenvalue weighted by Crippen LogP contribution is -2.18. The maximum Gasteiger partial charge on any atom is 0.335 e. The van der Waals surface area contributed by atoms with E-state index >= 15 is 0 Å². The van der Waals surface area contributed by atoms with E-state index in [1.165, 1.54) is 0 Å². The first-order valence-corrected chi connectivity index (χ1v) is 13.8. The number of hydrogen-bond acceptors (Lipinski definition) is 5. The average Bonchev–Trinajstić information content (AvgIpc) is 3.83. The number of Topliss-reactive ketones (excluding diaryl/α,β-unsaturated/α-hetero) is 1. The molecule has 3 aromatic rings. The van der Waals surface area contributed by atoms with Gasteiger partial charge < -0.3 is 15.6 Å². The monoisotopic (exact) mass is 594 g/mol. The summed E-state index contributed by atoms with van der Waals surface area (Å²) in [6.45, 7) is 1.72. The summed E-state index contributed by atoms with van der Waals surface area (Å²) in [6.07, 6.45) is 2.10. The van der Waals surface area contributed by atoms with Crippen molar-refractivity contribution in [3.63, 3.8) is 0 Å². The first-order valence-electron chi connectivity index (χ1n) is 12.7. The fraction of sp³-hybridized carbons (Fsp3) is 0.258. The normalized spacial score (nSPS) is 20.3. The summed E-state index contributed by atoms with van der Waals surface area (Å²) in [7, 11) is 0. The van der Waals surface area contributed by atoms with Crippen molar-refractivity contribution >= 4 is 52.3 Å². The first kappa shape index (κ1) is 28.0. The van der Waals surface area contributed by atoms with Crippen LogP contribution in [-0.4, -0.2) is 23.5 Å². The number of nitrogens with zero attached hydrogens (tertiary/aromatic N) is 1. The number of carbonyl (C=O) groups is 2. The molecule has 0 heterocycles. The number of carbonyl (C=O) groups excluding carboxylic acids is 1. The maximum absolute atomic E-state index is 13.1. The van der Waals surface area contributed by atoms with Gasteiger partial charge >= 0.3 is 5.97 Å². The van der Waals surface area contributed by atoms with Crippen LogP contribution in [0.1, 0.15) is 57.8 Å². The molecule has 2 aliphatic carbocycles. The Kier molecular flexibility index (Phi) is 7.58. The van der Waals surface area contributed by atoms with Gasteiger partial charge in [-0.1, -0.05) is 53.0 Å². The van der Waals surface area contributed by atoms with Gasteiger partial charge in [-0.05, 0) is 79.3 Å². The van der Waals surface area contributed by atoms with Crippen molar-refractivity contribution < 1.29 is 19.4 Å². The van der Waals surface area contributed by atoms with Gasteiger partial charge in [0.25, 0.3) is 0 Å². The Morgan fingerprint density at radius 2 is 1.77 bits per heavy atom. The Morgan fingerprint density at radius 3 is 2.38 bits per heavy atom. The van der Waals surface area contributed by atoms with E-state index in [9.17, 15) is 20.0 Å². The highest BCUT2D eigenvalue weighted by molar-refractivity contribution is 6.37. The van der Waals surface area contributed by atoms with Gasteiger partial charge in [0.05, 0.1) is 38.4 Å². The maximum atomic E-state index is 13.1. The lowest BCUT2D eigenvalue weighted by molar-refractivity contribution is -0.116. The van der Waals surface area contributed by atoms with Crippen molar-refractivity contribution in [3.05, 3.63) is 103 Å². The first-order chi connectivity index (χ1) is 19.1. The molecule has 0 spiro atoms. The zero-order valence-corrected chi connectivity index (χ0v) is 23.8. The number of hydrogen-bond donors (Lipinski definition) is 2. The zero-order valence-electron chi connectivity index (χ0n) is 21.5. The minimum Gasteiger partial charge on any atom is -0.489 e. The van der Waals surface area contributed by atoms with Gasteiger partial charge in [0.2, 0.25) is 0 Å². The molecular formula is C31H25Cl3N2O4. The molecule has 40 heavy (non-hydrogen) atoms. The Bertz CT molecular complexity index is 1600. The third-order valence-corrected chi connectivity index (χ3v) is 8.46. The van der Waals surface area contributed by atoms with E-state index in [4.69, 9.17) is 45.3 Å². The molecule has 0 aromatic heterocycles. The number of benzene rings is 3. The molecule has 3 N–H and O–H groups in total. The molecule has 204 valence electrons. The molecule has 3 aromatic carbocycles. The Hall–Kier alpha value is -3.50. The van der Waals surface area contributed by atoms with E-state index in [1.54, 1.807) is 48.5 Å². The van der Waals surface area contributed by atoms with Crippen molar-refractivity contribution in [2.45, 2.75) is 37.5 Å². The third-order valence-electron chi connectivity index (χ3n) is 7.52. The van der Waals surface area contributed by atoms with Crippen molar-refractivity contribution in [1.82, 2.24) is 0 Å². The number of carboxylic acids is 1. The van der Waals surface area contributed by atoms with E-state index in [-0.39, 0.29) is 35.5 Å². The quantitative estimate of drug-likeness (QED) is 0.250. The number of nitrogens with two attached hydrogens (primary N) is 1. The number of aromatic carboxylic acids is 1. The predicted octanol–water partition coefficient (Wildman–Crippen LogP) is 7.33. The highest BCUT2D eigenvalue weighted by Crippen LogP contribution is 2.61. The van der Waals surface area contributed by atoms with Crippen LogP contribution in [0.2, 0.25) is 15.1 Å². The van der Waals surface area contributed by atoms with Crippen LogP contribution < -0.4 is 10.5 Å². The number of carboxylic acid groups (broad SMARTS) is 1. The van der Waals surface area contributed by atoms with Gasteiger partial charge in [0, 0.05) is 22.4 Å². The van der Waals surface area contributed by atoms with Gasteiger partial charge in [-0.3, -0.25) is 4.79 Å². The number of halogens is 3. The number of aryl methyl sites for hydroxylation is 1. The van der Waals surface area contributed by atoms with Gasteiger partial charge in [-0.25, -0.2) is 4.79 Å². The van der Waals surface area contributed by atoms with Crippen LogP contribution >= 0.6 is 34.8 Å². The van der Waals surface area contributed by atoms with Crippen molar-refractivity contribution in [1.29, 1.82) is 5.26 Å². The van der Waals surface area contributed by atoms with Crippen LogP contribution in [-0.2, 0) is 10.2 Å². The lowest BCUT2D eigenvalue weighted by Gasteiger charge is -2.16. The molecule has 0 saturated heterocycles.